The fourth-order valence-electron chi connectivity index (χ4n) is 1.99. The van der Waals surface area contributed by atoms with E-state index in [1.165, 1.54) is 11.3 Å². The van der Waals surface area contributed by atoms with Crippen LogP contribution in [0.2, 0.25) is 0 Å². The maximum Gasteiger partial charge on any atom is 0.0507 e. The summed E-state index contributed by atoms with van der Waals surface area (Å²) in [5, 5.41) is 5.80. The van der Waals surface area contributed by atoms with E-state index < -0.39 is 0 Å². The van der Waals surface area contributed by atoms with Gasteiger partial charge in [-0.3, -0.25) is 0 Å². The van der Waals surface area contributed by atoms with Crippen LogP contribution in [0.15, 0.2) is 17.5 Å². The molecule has 0 saturated carbocycles. The number of hydrogen-bond acceptors (Lipinski definition) is 3. The van der Waals surface area contributed by atoms with E-state index in [2.05, 4.69) is 29.8 Å². The molecule has 2 unspecified atom stereocenters. The second kappa shape index (κ2) is 5.64. The molecule has 0 aromatic carbocycles. The van der Waals surface area contributed by atoms with Crippen LogP contribution in [0, 0.1) is 5.92 Å². The van der Waals surface area contributed by atoms with Crippen molar-refractivity contribution in [2.75, 3.05) is 19.8 Å². The van der Waals surface area contributed by atoms with Crippen LogP contribution in [0.25, 0.3) is 0 Å². The van der Waals surface area contributed by atoms with Crippen molar-refractivity contribution in [3.05, 3.63) is 22.4 Å². The van der Waals surface area contributed by atoms with Crippen LogP contribution in [0.4, 0.5) is 0 Å². The maximum absolute atomic E-state index is 5.38. The zero-order valence-corrected chi connectivity index (χ0v) is 10.1. The highest BCUT2D eigenvalue weighted by atomic mass is 32.1. The molecule has 15 heavy (non-hydrogen) atoms. The molecule has 1 aromatic heterocycles. The van der Waals surface area contributed by atoms with Gasteiger partial charge < -0.3 is 10.1 Å². The third kappa shape index (κ3) is 3.03. The number of rotatable bonds is 5. The number of hydrogen-bond donors (Lipinski definition) is 1. The molecule has 1 N–H and O–H groups in total. The molecule has 1 aromatic rings. The Morgan fingerprint density at radius 1 is 1.67 bits per heavy atom. The lowest BCUT2D eigenvalue weighted by atomic mass is 10.1. The van der Waals surface area contributed by atoms with Gasteiger partial charge in [0.2, 0.25) is 0 Å². The molecule has 0 aliphatic carbocycles. The number of ether oxygens (including phenoxy) is 1. The largest absolute Gasteiger partial charge is 0.381 e. The molecule has 84 valence electrons. The normalized spacial score (nSPS) is 23.1. The van der Waals surface area contributed by atoms with Crippen LogP contribution in [0.3, 0.4) is 0 Å². The third-order valence-corrected chi connectivity index (χ3v) is 3.96. The smallest absolute Gasteiger partial charge is 0.0507 e. The molecule has 0 amide bonds. The molecule has 2 heterocycles. The monoisotopic (exact) mass is 225 g/mol. The van der Waals surface area contributed by atoms with Crippen LogP contribution in [0.5, 0.6) is 0 Å². The van der Waals surface area contributed by atoms with E-state index in [1.807, 2.05) is 11.3 Å². The summed E-state index contributed by atoms with van der Waals surface area (Å²) in [6.45, 7) is 5.22. The molecule has 0 radical (unpaired) electrons. The first-order valence-electron chi connectivity index (χ1n) is 5.74. The minimum atomic E-state index is 0.533. The third-order valence-electron chi connectivity index (χ3n) is 2.97. The number of thiophene rings is 1. The summed E-state index contributed by atoms with van der Waals surface area (Å²) < 4.78 is 5.38. The van der Waals surface area contributed by atoms with Crippen molar-refractivity contribution in [3.63, 3.8) is 0 Å². The zero-order chi connectivity index (χ0) is 10.5. The molecule has 0 spiro atoms. The van der Waals surface area contributed by atoms with Crippen molar-refractivity contribution >= 4 is 11.3 Å². The van der Waals surface area contributed by atoms with E-state index in [4.69, 9.17) is 4.74 Å². The van der Waals surface area contributed by atoms with Crippen LogP contribution >= 0.6 is 11.3 Å². The fraction of sp³-hybridized carbons (Fsp3) is 0.667. The lowest BCUT2D eigenvalue weighted by Gasteiger charge is -2.17. The highest BCUT2D eigenvalue weighted by Gasteiger charge is 2.17. The van der Waals surface area contributed by atoms with E-state index >= 15 is 0 Å². The summed E-state index contributed by atoms with van der Waals surface area (Å²) in [5.41, 5.74) is 0. The van der Waals surface area contributed by atoms with Gasteiger partial charge in [0.15, 0.2) is 0 Å². The van der Waals surface area contributed by atoms with Gasteiger partial charge in [-0.05, 0) is 30.2 Å². The highest BCUT2D eigenvalue weighted by molar-refractivity contribution is 7.10. The van der Waals surface area contributed by atoms with Gasteiger partial charge in [0.25, 0.3) is 0 Å². The Balaban J connectivity index is 1.80. The molecule has 0 bridgehead atoms. The van der Waals surface area contributed by atoms with Crippen molar-refractivity contribution in [2.24, 2.45) is 5.92 Å². The van der Waals surface area contributed by atoms with Gasteiger partial charge in [-0.2, -0.15) is 0 Å². The molecular weight excluding hydrogens is 206 g/mol. The Morgan fingerprint density at radius 2 is 2.60 bits per heavy atom. The average molecular weight is 225 g/mol. The second-order valence-corrected chi connectivity index (χ2v) is 5.09. The van der Waals surface area contributed by atoms with Gasteiger partial charge in [-0.1, -0.05) is 13.0 Å². The molecule has 1 aliphatic rings. The topological polar surface area (TPSA) is 21.3 Å². The first-order chi connectivity index (χ1) is 7.40. The average Bonchev–Trinajstić information content (AvgIpc) is 2.90. The Hall–Kier alpha value is -0.380. The van der Waals surface area contributed by atoms with Crippen LogP contribution in [-0.4, -0.2) is 19.8 Å². The molecule has 2 rings (SSSR count). The van der Waals surface area contributed by atoms with Crippen molar-refractivity contribution in [3.8, 4) is 0 Å². The Kier molecular flexibility index (Phi) is 4.18. The van der Waals surface area contributed by atoms with E-state index in [9.17, 15) is 0 Å². The van der Waals surface area contributed by atoms with Crippen LogP contribution < -0.4 is 5.32 Å². The van der Waals surface area contributed by atoms with Gasteiger partial charge in [0.05, 0.1) is 6.61 Å². The standard InChI is InChI=1S/C12H19NOS/c1-2-11(12-4-3-7-15-12)13-8-10-5-6-14-9-10/h3-4,7,10-11,13H,2,5-6,8-9H2,1H3. The molecule has 3 heteroatoms. The molecular formula is C12H19NOS. The maximum atomic E-state index is 5.38. The number of nitrogens with one attached hydrogen (secondary N) is 1. The van der Waals surface area contributed by atoms with Crippen LogP contribution in [-0.2, 0) is 4.74 Å². The SMILES string of the molecule is CCC(NCC1CCOC1)c1cccs1. The van der Waals surface area contributed by atoms with Gasteiger partial charge in [0.1, 0.15) is 0 Å². The summed E-state index contributed by atoms with van der Waals surface area (Å²) in [5.74, 6) is 0.721. The summed E-state index contributed by atoms with van der Waals surface area (Å²) in [6, 6.07) is 4.88. The van der Waals surface area contributed by atoms with Crippen LogP contribution in [0.1, 0.15) is 30.7 Å². The lowest BCUT2D eigenvalue weighted by molar-refractivity contribution is 0.184. The van der Waals surface area contributed by atoms with Gasteiger partial charge >= 0.3 is 0 Å². The van der Waals surface area contributed by atoms with Crippen molar-refractivity contribution in [1.82, 2.24) is 5.32 Å². The lowest BCUT2D eigenvalue weighted by Crippen LogP contribution is -2.26. The summed E-state index contributed by atoms with van der Waals surface area (Å²) >= 11 is 1.84. The fourth-order valence-corrected chi connectivity index (χ4v) is 2.87. The summed E-state index contributed by atoms with van der Waals surface area (Å²) in [7, 11) is 0. The van der Waals surface area contributed by atoms with Gasteiger partial charge in [0, 0.05) is 24.1 Å². The second-order valence-electron chi connectivity index (χ2n) is 4.11. The first kappa shape index (κ1) is 11.1. The Bertz CT molecular complexity index is 267. The van der Waals surface area contributed by atoms with E-state index in [0.29, 0.717) is 6.04 Å². The molecule has 1 aliphatic heterocycles. The van der Waals surface area contributed by atoms with E-state index in [1.54, 1.807) is 0 Å². The van der Waals surface area contributed by atoms with E-state index in [0.717, 1.165) is 32.1 Å². The molecule has 1 saturated heterocycles. The predicted molar refractivity (Wildman–Crippen MR) is 64.3 cm³/mol. The quantitative estimate of drug-likeness (QED) is 0.832. The van der Waals surface area contributed by atoms with Crippen molar-refractivity contribution < 1.29 is 4.74 Å². The minimum Gasteiger partial charge on any atom is -0.381 e. The van der Waals surface area contributed by atoms with E-state index in [-0.39, 0.29) is 0 Å². The molecule has 2 nitrogen and oxygen atoms in total. The molecule has 2 atom stereocenters. The van der Waals surface area contributed by atoms with Gasteiger partial charge in [-0.25, -0.2) is 0 Å². The Labute approximate surface area is 95.6 Å². The summed E-state index contributed by atoms with van der Waals surface area (Å²) in [4.78, 5) is 1.46. The first-order valence-corrected chi connectivity index (χ1v) is 6.62. The van der Waals surface area contributed by atoms with Gasteiger partial charge in [-0.15, -0.1) is 11.3 Å². The van der Waals surface area contributed by atoms with Crippen molar-refractivity contribution in [1.29, 1.82) is 0 Å². The zero-order valence-electron chi connectivity index (χ0n) is 9.24. The predicted octanol–water partition coefficient (Wildman–Crippen LogP) is 2.83. The highest BCUT2D eigenvalue weighted by Crippen LogP contribution is 2.22. The van der Waals surface area contributed by atoms with Crippen molar-refractivity contribution in [2.45, 2.75) is 25.8 Å². The minimum absolute atomic E-state index is 0.533. The molecule has 1 fully saturated rings. The summed E-state index contributed by atoms with van der Waals surface area (Å²) in [6.07, 6.45) is 2.38. The Morgan fingerprint density at radius 3 is 3.20 bits per heavy atom.